The molecule has 1 heterocycles. The number of methoxy groups -OCH3 is 1. The van der Waals surface area contributed by atoms with E-state index in [9.17, 15) is 4.79 Å². The highest BCUT2D eigenvalue weighted by molar-refractivity contribution is 8.27. The van der Waals surface area contributed by atoms with Crippen molar-refractivity contribution in [1.29, 1.82) is 0 Å². The van der Waals surface area contributed by atoms with E-state index in [1.807, 2.05) is 62.4 Å². The first-order chi connectivity index (χ1) is 13.6. The molecule has 0 N–H and O–H groups in total. The van der Waals surface area contributed by atoms with Gasteiger partial charge in [0.25, 0.3) is 5.91 Å². The van der Waals surface area contributed by atoms with Gasteiger partial charge >= 0.3 is 0 Å². The Bertz CT molecular complexity index is 909. The zero-order valence-electron chi connectivity index (χ0n) is 15.9. The van der Waals surface area contributed by atoms with Crippen molar-refractivity contribution in [1.82, 2.24) is 0 Å². The summed E-state index contributed by atoms with van der Waals surface area (Å²) in [5, 5.41) is 0. The number of carbonyl (C=O) groups excluding carboxylic acids is 1. The summed E-state index contributed by atoms with van der Waals surface area (Å²) in [6.07, 6.45) is 1.81. The lowest BCUT2D eigenvalue weighted by Crippen LogP contribution is -2.27. The smallest absolute Gasteiger partial charge is 0.270 e. The Morgan fingerprint density at radius 3 is 2.39 bits per heavy atom. The maximum atomic E-state index is 12.9. The first kappa shape index (κ1) is 20.2. The molecule has 3 rings (SSSR count). The molecule has 0 saturated carbocycles. The third-order valence-corrected chi connectivity index (χ3v) is 5.29. The van der Waals surface area contributed by atoms with Crippen molar-refractivity contribution >= 4 is 46.0 Å². The topological polar surface area (TPSA) is 48.0 Å². The van der Waals surface area contributed by atoms with Gasteiger partial charge in [0.2, 0.25) is 0 Å². The molecule has 2 aromatic carbocycles. The average molecular weight is 416 g/mol. The van der Waals surface area contributed by atoms with Crippen LogP contribution in [-0.4, -0.2) is 30.6 Å². The molecule has 1 aliphatic rings. The van der Waals surface area contributed by atoms with Crippen LogP contribution in [-0.2, 0) is 4.79 Å². The molecule has 0 aliphatic carbocycles. The Hall–Kier alpha value is -2.51. The number of anilines is 1. The van der Waals surface area contributed by atoms with Crippen LogP contribution < -0.4 is 19.1 Å². The molecule has 0 radical (unpaired) electrons. The number of thioether (sulfide) groups is 1. The third kappa shape index (κ3) is 4.31. The summed E-state index contributed by atoms with van der Waals surface area (Å²) < 4.78 is 16.9. The minimum absolute atomic E-state index is 0.146. The fraction of sp³-hybridized carbons (Fsp3) is 0.238. The van der Waals surface area contributed by atoms with Crippen LogP contribution >= 0.6 is 24.0 Å². The van der Waals surface area contributed by atoms with Gasteiger partial charge in [-0.3, -0.25) is 9.69 Å². The fourth-order valence-corrected chi connectivity index (χ4v) is 4.05. The molecule has 0 unspecified atom stereocenters. The van der Waals surface area contributed by atoms with Gasteiger partial charge in [0.05, 0.1) is 30.9 Å². The summed E-state index contributed by atoms with van der Waals surface area (Å²) >= 11 is 6.71. The van der Waals surface area contributed by atoms with Crippen molar-refractivity contribution in [2.75, 3.05) is 25.2 Å². The summed E-state index contributed by atoms with van der Waals surface area (Å²) in [7, 11) is 1.59. The maximum Gasteiger partial charge on any atom is 0.270 e. The van der Waals surface area contributed by atoms with Crippen LogP contribution in [0.15, 0.2) is 47.4 Å². The molecule has 0 spiro atoms. The quantitative estimate of drug-likeness (QED) is 0.474. The van der Waals surface area contributed by atoms with Gasteiger partial charge in [-0.05, 0) is 61.9 Å². The second-order valence-corrected chi connectivity index (χ2v) is 7.46. The van der Waals surface area contributed by atoms with Crippen LogP contribution in [0.25, 0.3) is 6.08 Å². The van der Waals surface area contributed by atoms with E-state index in [-0.39, 0.29) is 5.91 Å². The molecule has 1 saturated heterocycles. The van der Waals surface area contributed by atoms with Crippen LogP contribution in [0.2, 0.25) is 0 Å². The molecule has 0 aromatic heterocycles. The second-order valence-electron chi connectivity index (χ2n) is 5.79. The SMILES string of the molecule is CCOc1ccc(N2C(=O)/C(=C\c3ccc(OCC)c(OC)c3)SC2=S)cc1. The molecular formula is C21H21NO4S2. The zero-order chi connectivity index (χ0) is 20.1. The number of hydrogen-bond acceptors (Lipinski definition) is 6. The van der Waals surface area contributed by atoms with Gasteiger partial charge in [0, 0.05) is 0 Å². The first-order valence-electron chi connectivity index (χ1n) is 8.89. The van der Waals surface area contributed by atoms with Crippen molar-refractivity contribution in [3.63, 3.8) is 0 Å². The van der Waals surface area contributed by atoms with Crippen LogP contribution in [0.4, 0.5) is 5.69 Å². The van der Waals surface area contributed by atoms with E-state index in [0.29, 0.717) is 33.9 Å². The predicted molar refractivity (Wildman–Crippen MR) is 117 cm³/mol. The molecule has 1 amide bonds. The highest BCUT2D eigenvalue weighted by Crippen LogP contribution is 2.37. The lowest BCUT2D eigenvalue weighted by atomic mass is 10.2. The summed E-state index contributed by atoms with van der Waals surface area (Å²) in [5.41, 5.74) is 1.56. The van der Waals surface area contributed by atoms with Crippen LogP contribution in [0.5, 0.6) is 17.2 Å². The van der Waals surface area contributed by atoms with E-state index in [2.05, 4.69) is 0 Å². The van der Waals surface area contributed by atoms with Gasteiger partial charge in [-0.1, -0.05) is 30.0 Å². The van der Waals surface area contributed by atoms with Crippen molar-refractivity contribution in [3.05, 3.63) is 52.9 Å². The van der Waals surface area contributed by atoms with Crippen molar-refractivity contribution in [3.8, 4) is 17.2 Å². The Kier molecular flexibility index (Phi) is 6.59. The van der Waals surface area contributed by atoms with E-state index in [1.165, 1.54) is 16.7 Å². The highest BCUT2D eigenvalue weighted by atomic mass is 32.2. The molecule has 1 fully saturated rings. The van der Waals surface area contributed by atoms with E-state index < -0.39 is 0 Å². The van der Waals surface area contributed by atoms with Crippen molar-refractivity contribution in [2.45, 2.75) is 13.8 Å². The Labute approximate surface area is 174 Å². The standard InChI is InChI=1S/C21H21NO4S2/c1-4-25-16-9-7-15(8-10-16)22-20(23)19(28-21(22)27)13-14-6-11-17(26-5-2)18(12-14)24-3/h6-13H,4-5H2,1-3H3/b19-13+. The Balaban J connectivity index is 1.84. The van der Waals surface area contributed by atoms with Crippen molar-refractivity contribution in [2.24, 2.45) is 0 Å². The molecule has 7 heteroatoms. The summed E-state index contributed by atoms with van der Waals surface area (Å²) in [5.74, 6) is 1.91. The van der Waals surface area contributed by atoms with Crippen LogP contribution in [0.3, 0.4) is 0 Å². The molecule has 146 valence electrons. The third-order valence-electron chi connectivity index (χ3n) is 3.98. The number of rotatable bonds is 7. The number of hydrogen-bond donors (Lipinski definition) is 0. The Morgan fingerprint density at radius 1 is 1.04 bits per heavy atom. The predicted octanol–water partition coefficient (Wildman–Crippen LogP) is 4.90. The Morgan fingerprint density at radius 2 is 1.75 bits per heavy atom. The number of benzene rings is 2. The number of thiocarbonyl (C=S) groups is 1. The number of nitrogens with zero attached hydrogens (tertiary/aromatic N) is 1. The monoisotopic (exact) mass is 415 g/mol. The molecule has 28 heavy (non-hydrogen) atoms. The molecule has 5 nitrogen and oxygen atoms in total. The van der Waals surface area contributed by atoms with Gasteiger partial charge < -0.3 is 14.2 Å². The molecule has 1 aliphatic heterocycles. The van der Waals surface area contributed by atoms with Gasteiger partial charge in [-0.2, -0.15) is 0 Å². The molecule has 0 atom stereocenters. The minimum atomic E-state index is -0.146. The molecule has 0 bridgehead atoms. The van der Waals surface area contributed by atoms with Gasteiger partial charge in [-0.15, -0.1) is 0 Å². The van der Waals surface area contributed by atoms with Crippen LogP contribution in [0, 0.1) is 0 Å². The van der Waals surface area contributed by atoms with Gasteiger partial charge in [0.15, 0.2) is 15.8 Å². The summed E-state index contributed by atoms with van der Waals surface area (Å²) in [6, 6.07) is 12.9. The van der Waals surface area contributed by atoms with Crippen LogP contribution in [0.1, 0.15) is 19.4 Å². The number of amides is 1. The average Bonchev–Trinajstić information content (AvgIpc) is 2.97. The van der Waals surface area contributed by atoms with Crippen molar-refractivity contribution < 1.29 is 19.0 Å². The number of ether oxygens (including phenoxy) is 3. The lowest BCUT2D eigenvalue weighted by molar-refractivity contribution is -0.113. The first-order valence-corrected chi connectivity index (χ1v) is 10.1. The maximum absolute atomic E-state index is 12.9. The largest absolute Gasteiger partial charge is 0.494 e. The van der Waals surface area contributed by atoms with E-state index in [0.717, 1.165) is 17.0 Å². The second kappa shape index (κ2) is 9.12. The molecule has 2 aromatic rings. The van der Waals surface area contributed by atoms with Gasteiger partial charge in [-0.25, -0.2) is 0 Å². The van der Waals surface area contributed by atoms with E-state index >= 15 is 0 Å². The molecular weight excluding hydrogens is 394 g/mol. The number of carbonyl (C=O) groups is 1. The minimum Gasteiger partial charge on any atom is -0.494 e. The van der Waals surface area contributed by atoms with E-state index in [4.69, 9.17) is 26.4 Å². The normalized spacial score (nSPS) is 15.2. The van der Waals surface area contributed by atoms with E-state index in [1.54, 1.807) is 7.11 Å². The highest BCUT2D eigenvalue weighted by Gasteiger charge is 2.33. The summed E-state index contributed by atoms with van der Waals surface area (Å²) in [4.78, 5) is 15.0. The zero-order valence-corrected chi connectivity index (χ0v) is 17.6. The fourth-order valence-electron chi connectivity index (χ4n) is 2.75. The lowest BCUT2D eigenvalue weighted by Gasteiger charge is -2.15. The summed E-state index contributed by atoms with van der Waals surface area (Å²) in [6.45, 7) is 4.99. The van der Waals surface area contributed by atoms with Gasteiger partial charge in [0.1, 0.15) is 5.75 Å².